The van der Waals surface area contributed by atoms with Crippen molar-refractivity contribution in [3.05, 3.63) is 65.3 Å². The first-order valence-electron chi connectivity index (χ1n) is 8.80. The van der Waals surface area contributed by atoms with Crippen LogP contribution >= 0.6 is 11.6 Å². The van der Waals surface area contributed by atoms with Crippen molar-refractivity contribution in [3.63, 3.8) is 0 Å². The van der Waals surface area contributed by atoms with E-state index in [1.54, 1.807) is 4.57 Å². The van der Waals surface area contributed by atoms with Crippen molar-refractivity contribution in [1.29, 1.82) is 0 Å². The molecule has 0 fully saturated rings. The van der Waals surface area contributed by atoms with E-state index in [0.717, 1.165) is 27.4 Å². The molecule has 4 aromatic rings. The van der Waals surface area contributed by atoms with Crippen molar-refractivity contribution in [3.8, 4) is 11.1 Å². The van der Waals surface area contributed by atoms with Gasteiger partial charge in [-0.15, -0.1) is 0 Å². The molecule has 0 radical (unpaired) electrons. The number of benzene rings is 2. The van der Waals surface area contributed by atoms with Crippen LogP contribution in [0.5, 0.6) is 0 Å². The third-order valence-electron chi connectivity index (χ3n) is 4.66. The molecule has 0 aliphatic carbocycles. The Morgan fingerprint density at radius 3 is 2.39 bits per heavy atom. The molecule has 5 nitrogen and oxygen atoms in total. The average molecular weight is 393 g/mol. The predicted octanol–water partition coefficient (Wildman–Crippen LogP) is 5.23. The van der Waals surface area contributed by atoms with E-state index < -0.39 is 5.97 Å². The highest BCUT2D eigenvalue weighted by atomic mass is 35.5. The summed E-state index contributed by atoms with van der Waals surface area (Å²) < 4.78 is 6.90. The van der Waals surface area contributed by atoms with Crippen LogP contribution in [-0.4, -0.2) is 21.4 Å². The molecule has 0 unspecified atom stereocenters. The summed E-state index contributed by atoms with van der Waals surface area (Å²) in [5.74, 6) is -0.559. The highest BCUT2D eigenvalue weighted by Crippen LogP contribution is 2.39. The quantitative estimate of drug-likeness (QED) is 0.353. The second kappa shape index (κ2) is 7.09. The maximum Gasteiger partial charge on any atom is 0.302 e. The molecule has 0 N–H and O–H groups in total. The number of rotatable bonds is 3. The maximum absolute atomic E-state index is 12.4. The molecule has 2 heterocycles. The van der Waals surface area contributed by atoms with Crippen LogP contribution in [-0.2, 0) is 16.1 Å². The number of carbonyl (C=O) groups excluding carboxylic acids is 2. The fourth-order valence-corrected chi connectivity index (χ4v) is 3.87. The molecule has 2 aromatic heterocycles. The van der Waals surface area contributed by atoms with Gasteiger partial charge in [0.25, 0.3) is 0 Å². The van der Waals surface area contributed by atoms with Crippen molar-refractivity contribution in [2.45, 2.75) is 20.5 Å². The van der Waals surface area contributed by atoms with Crippen molar-refractivity contribution in [2.24, 2.45) is 0 Å². The summed E-state index contributed by atoms with van der Waals surface area (Å²) in [4.78, 5) is 28.5. The first-order valence-corrected chi connectivity index (χ1v) is 9.18. The number of para-hydroxylation sites is 1. The van der Waals surface area contributed by atoms with Crippen molar-refractivity contribution in [2.75, 3.05) is 0 Å². The molecule has 0 bridgehead atoms. The largest absolute Gasteiger partial charge is 0.461 e. The second-order valence-electron chi connectivity index (χ2n) is 6.47. The molecule has 0 saturated heterocycles. The summed E-state index contributed by atoms with van der Waals surface area (Å²) in [5, 5.41) is 1.87. The van der Waals surface area contributed by atoms with Gasteiger partial charge in [0.05, 0.1) is 5.52 Å². The molecule has 2 aromatic carbocycles. The molecule has 0 aliphatic rings. The lowest BCUT2D eigenvalue weighted by Gasteiger charge is -2.14. The zero-order valence-corrected chi connectivity index (χ0v) is 16.2. The van der Waals surface area contributed by atoms with Crippen LogP contribution in [0.2, 0.25) is 5.15 Å². The molecular formula is C22H17ClN2O3. The minimum Gasteiger partial charge on any atom is -0.461 e. The highest BCUT2D eigenvalue weighted by Gasteiger charge is 2.23. The summed E-state index contributed by atoms with van der Waals surface area (Å²) in [6.45, 7) is 2.88. The maximum atomic E-state index is 12.4. The number of hydrogen-bond acceptors (Lipinski definition) is 4. The Morgan fingerprint density at radius 2 is 1.71 bits per heavy atom. The fraction of sp³-hybridized carbons (Fsp3) is 0.136. The van der Waals surface area contributed by atoms with Gasteiger partial charge in [-0.25, -0.2) is 4.98 Å². The Kier molecular flexibility index (Phi) is 4.61. The van der Waals surface area contributed by atoms with Crippen molar-refractivity contribution < 1.29 is 14.3 Å². The summed E-state index contributed by atoms with van der Waals surface area (Å²) in [6.07, 6.45) is 0. The Morgan fingerprint density at radius 1 is 1.04 bits per heavy atom. The third kappa shape index (κ3) is 2.94. The molecule has 0 amide bonds. The Hall–Kier alpha value is -3.18. The summed E-state index contributed by atoms with van der Waals surface area (Å²) in [5.41, 5.74) is 3.49. The molecule has 0 aliphatic heterocycles. The van der Waals surface area contributed by atoms with Gasteiger partial charge in [0.1, 0.15) is 17.4 Å². The van der Waals surface area contributed by atoms with Crippen LogP contribution in [0.3, 0.4) is 0 Å². The molecular weight excluding hydrogens is 376 g/mol. The van der Waals surface area contributed by atoms with E-state index >= 15 is 0 Å². The Labute approximate surface area is 166 Å². The molecule has 140 valence electrons. The minimum atomic E-state index is -0.393. The van der Waals surface area contributed by atoms with Crippen LogP contribution in [0, 0.1) is 0 Å². The first-order chi connectivity index (χ1) is 13.5. The number of aromatic nitrogens is 2. The van der Waals surface area contributed by atoms with Gasteiger partial charge in [0.2, 0.25) is 5.91 Å². The van der Waals surface area contributed by atoms with Crippen LogP contribution in [0.1, 0.15) is 24.2 Å². The normalized spacial score (nSPS) is 11.1. The van der Waals surface area contributed by atoms with Crippen LogP contribution in [0.15, 0.2) is 54.6 Å². The van der Waals surface area contributed by atoms with Gasteiger partial charge in [0.15, 0.2) is 0 Å². The summed E-state index contributed by atoms with van der Waals surface area (Å²) in [7, 11) is 0. The topological polar surface area (TPSA) is 61.2 Å². The predicted molar refractivity (Wildman–Crippen MR) is 109 cm³/mol. The van der Waals surface area contributed by atoms with Gasteiger partial charge < -0.3 is 4.74 Å². The smallest absolute Gasteiger partial charge is 0.302 e. The van der Waals surface area contributed by atoms with Gasteiger partial charge in [-0.2, -0.15) is 0 Å². The Balaban J connectivity index is 2.17. The number of hydrogen-bond donors (Lipinski definition) is 0. The lowest BCUT2D eigenvalue weighted by Crippen LogP contribution is -2.07. The number of esters is 1. The summed E-state index contributed by atoms with van der Waals surface area (Å²) >= 11 is 6.59. The van der Waals surface area contributed by atoms with E-state index in [9.17, 15) is 9.59 Å². The highest BCUT2D eigenvalue weighted by molar-refractivity contribution is 6.33. The van der Waals surface area contributed by atoms with Gasteiger partial charge in [-0.05, 0) is 11.6 Å². The number of fused-ring (bicyclic) bond motifs is 3. The third-order valence-corrected chi connectivity index (χ3v) is 4.93. The van der Waals surface area contributed by atoms with Crippen LogP contribution < -0.4 is 0 Å². The lowest BCUT2D eigenvalue weighted by atomic mass is 9.98. The number of carbonyl (C=O) groups is 2. The van der Waals surface area contributed by atoms with Gasteiger partial charge in [-0.1, -0.05) is 60.1 Å². The van der Waals surface area contributed by atoms with Gasteiger partial charge in [0, 0.05) is 35.7 Å². The monoisotopic (exact) mass is 392 g/mol. The number of halogens is 1. The molecule has 0 spiro atoms. The van der Waals surface area contributed by atoms with Gasteiger partial charge >= 0.3 is 5.97 Å². The molecule has 0 saturated carbocycles. The first kappa shape index (κ1) is 18.2. The van der Waals surface area contributed by atoms with E-state index in [4.69, 9.17) is 16.3 Å². The minimum absolute atomic E-state index is 0.0320. The molecule has 28 heavy (non-hydrogen) atoms. The molecule has 4 rings (SSSR count). The van der Waals surface area contributed by atoms with Crippen LogP contribution in [0.25, 0.3) is 33.1 Å². The SMILES string of the molecule is CC(=O)OCc1c(-c2ccccc2)c(Cl)nc2c1c1ccccc1n2C(C)=O. The van der Waals surface area contributed by atoms with Crippen molar-refractivity contribution >= 4 is 45.4 Å². The van der Waals surface area contributed by atoms with Crippen molar-refractivity contribution in [1.82, 2.24) is 9.55 Å². The van der Waals surface area contributed by atoms with Crippen LogP contribution in [0.4, 0.5) is 0 Å². The second-order valence-corrected chi connectivity index (χ2v) is 6.83. The fourth-order valence-electron chi connectivity index (χ4n) is 3.56. The van der Waals surface area contributed by atoms with E-state index in [0.29, 0.717) is 11.2 Å². The zero-order valence-electron chi connectivity index (χ0n) is 15.4. The standard InChI is InChI=1S/C22H17ClN2O3/c1-13(26)25-18-11-7-6-10-16(18)20-17(12-28-14(2)27)19(21(23)24-22(20)25)15-8-4-3-5-9-15/h3-11H,12H2,1-2H3. The van der Waals surface area contributed by atoms with E-state index in [-0.39, 0.29) is 17.7 Å². The van der Waals surface area contributed by atoms with E-state index in [2.05, 4.69) is 4.98 Å². The molecule has 6 heteroatoms. The molecule has 0 atom stereocenters. The lowest BCUT2D eigenvalue weighted by molar-refractivity contribution is -0.142. The van der Waals surface area contributed by atoms with Gasteiger partial charge in [-0.3, -0.25) is 14.2 Å². The van der Waals surface area contributed by atoms with E-state index in [1.165, 1.54) is 13.8 Å². The Bertz CT molecular complexity index is 1230. The number of nitrogens with zero attached hydrogens (tertiary/aromatic N) is 2. The number of ether oxygens (including phenoxy) is 1. The average Bonchev–Trinajstić information content (AvgIpc) is 3.00. The van der Waals surface area contributed by atoms with E-state index in [1.807, 2.05) is 54.6 Å². The summed E-state index contributed by atoms with van der Waals surface area (Å²) in [6, 6.07) is 17.1. The number of pyridine rings is 1. The zero-order chi connectivity index (χ0) is 19.8.